The van der Waals surface area contributed by atoms with Crippen LogP contribution in [0.3, 0.4) is 0 Å². The van der Waals surface area contributed by atoms with Crippen LogP contribution >= 0.6 is 0 Å². The second-order valence-corrected chi connectivity index (χ2v) is 12.0. The Morgan fingerprint density at radius 3 is 2.21 bits per heavy atom. The number of hydrogen-bond acceptors (Lipinski definition) is 9. The minimum Gasteiger partial charge on any atom is -0.507 e. The molecule has 0 saturated heterocycles. The van der Waals surface area contributed by atoms with Gasteiger partial charge in [-0.1, -0.05) is 13.0 Å². The molecule has 3 aliphatic rings. The summed E-state index contributed by atoms with van der Waals surface area (Å²) in [6.07, 6.45) is -2.92. The first kappa shape index (κ1) is 28.5. The van der Waals surface area contributed by atoms with Gasteiger partial charge in [0, 0.05) is 29.0 Å². The number of fused-ring (bicyclic) bond motifs is 3. The number of anilines is 1. The largest absolute Gasteiger partial charge is 0.507 e. The summed E-state index contributed by atoms with van der Waals surface area (Å²) in [5.74, 6) is -9.80. The Labute approximate surface area is 225 Å². The average molecular weight is 545 g/mol. The van der Waals surface area contributed by atoms with E-state index in [0.717, 1.165) is 0 Å². The van der Waals surface area contributed by atoms with Gasteiger partial charge < -0.3 is 41.7 Å². The van der Waals surface area contributed by atoms with Crippen molar-refractivity contribution in [3.05, 3.63) is 28.8 Å². The molecule has 4 rings (SSSR count). The summed E-state index contributed by atoms with van der Waals surface area (Å²) in [6.45, 7) is 7.04. The molecule has 8 N–H and O–H groups in total. The van der Waals surface area contributed by atoms with Crippen LogP contribution in [0, 0.1) is 23.7 Å². The number of nitrogens with one attached hydrogen (secondary N) is 2. The lowest BCUT2D eigenvalue weighted by molar-refractivity contribution is -0.166. The van der Waals surface area contributed by atoms with Crippen LogP contribution < -0.4 is 16.4 Å². The van der Waals surface area contributed by atoms with Crippen LogP contribution in [0.25, 0.3) is 5.76 Å². The third kappa shape index (κ3) is 4.46. The highest BCUT2D eigenvalue weighted by Gasteiger charge is 2.63. The Kier molecular flexibility index (Phi) is 7.03. The Hall–Kier alpha value is -3.48. The molecule has 5 unspecified atom stereocenters. The maximum atomic E-state index is 13.9. The molecule has 212 valence electrons. The molecule has 12 heteroatoms. The van der Waals surface area contributed by atoms with Gasteiger partial charge in [0.1, 0.15) is 17.4 Å². The van der Waals surface area contributed by atoms with Gasteiger partial charge in [0.05, 0.1) is 29.4 Å². The lowest BCUT2D eigenvalue weighted by Crippen LogP contribution is -2.68. The zero-order valence-corrected chi connectivity index (χ0v) is 22.7. The Balaban J connectivity index is 1.85. The number of primary amides is 1. The van der Waals surface area contributed by atoms with Gasteiger partial charge in [0.25, 0.3) is 0 Å². The topological polar surface area (TPSA) is 203 Å². The number of phenols is 1. The van der Waals surface area contributed by atoms with Crippen molar-refractivity contribution in [2.24, 2.45) is 29.4 Å². The van der Waals surface area contributed by atoms with Gasteiger partial charge in [-0.3, -0.25) is 14.4 Å². The number of aliphatic hydroxyl groups is 3. The van der Waals surface area contributed by atoms with Crippen molar-refractivity contribution < 1.29 is 39.6 Å². The first-order valence-corrected chi connectivity index (χ1v) is 12.8. The van der Waals surface area contributed by atoms with Crippen LogP contribution in [0.4, 0.5) is 10.5 Å². The first-order valence-electron chi connectivity index (χ1n) is 12.8. The lowest BCUT2D eigenvalue weighted by atomic mass is 9.54. The molecule has 12 nitrogen and oxygen atoms in total. The number of carbonyl (C=O) groups is 4. The van der Waals surface area contributed by atoms with E-state index in [-0.39, 0.29) is 16.8 Å². The number of nitrogens with zero attached hydrogens (tertiary/aromatic N) is 1. The molecule has 2 fully saturated rings. The second-order valence-electron chi connectivity index (χ2n) is 12.0. The molecule has 1 aromatic rings. The highest BCUT2D eigenvalue weighted by Crippen LogP contribution is 2.55. The van der Waals surface area contributed by atoms with Gasteiger partial charge in [-0.25, -0.2) is 4.79 Å². The quantitative estimate of drug-likeness (QED) is 0.208. The number of likely N-dealkylation sites (N-methyl/N-ethyl adjacent to an activating group) is 1. The number of ketones is 2. The van der Waals surface area contributed by atoms with Gasteiger partial charge >= 0.3 is 6.03 Å². The number of carbonyl (C=O) groups excluding carboxylic acids is 4. The number of Topliss-reactive ketones (excluding diaryl/α,β-unsaturated/α-hetero) is 2. The van der Waals surface area contributed by atoms with Gasteiger partial charge in [-0.2, -0.15) is 0 Å². The first-order chi connectivity index (χ1) is 18.0. The fourth-order valence-corrected chi connectivity index (χ4v) is 6.56. The molecule has 0 heterocycles. The third-order valence-electron chi connectivity index (χ3n) is 8.10. The van der Waals surface area contributed by atoms with E-state index < -0.39 is 88.4 Å². The summed E-state index contributed by atoms with van der Waals surface area (Å²) in [4.78, 5) is 53.4. The summed E-state index contributed by atoms with van der Waals surface area (Å²) < 4.78 is 0. The molecule has 1 aromatic carbocycles. The van der Waals surface area contributed by atoms with E-state index in [4.69, 9.17) is 5.73 Å². The number of aromatic hydroxyl groups is 1. The van der Waals surface area contributed by atoms with Crippen molar-refractivity contribution in [2.75, 3.05) is 19.4 Å². The van der Waals surface area contributed by atoms with Gasteiger partial charge in [-0.15, -0.1) is 0 Å². The molecule has 0 radical (unpaired) electrons. The summed E-state index contributed by atoms with van der Waals surface area (Å²) in [5.41, 5.74) is 4.92. The number of amides is 3. The van der Waals surface area contributed by atoms with Crippen LogP contribution in [0.1, 0.15) is 44.7 Å². The number of aliphatic hydroxyl groups excluding tert-OH is 3. The number of rotatable bonds is 3. The number of nitrogens with two attached hydrogens (primary N) is 1. The van der Waals surface area contributed by atoms with Gasteiger partial charge in [-0.05, 0) is 52.4 Å². The van der Waals surface area contributed by atoms with E-state index in [0.29, 0.717) is 5.56 Å². The minimum absolute atomic E-state index is 0.0201. The zero-order chi connectivity index (χ0) is 29.3. The highest BCUT2D eigenvalue weighted by atomic mass is 16.3. The molecule has 39 heavy (non-hydrogen) atoms. The fourth-order valence-electron chi connectivity index (χ4n) is 6.56. The lowest BCUT2D eigenvalue weighted by Gasteiger charge is -2.53. The molecule has 8 atom stereocenters. The molecule has 0 aliphatic heterocycles. The number of phenolic OH excluding ortho intramolecular Hbond substituents is 1. The fraction of sp³-hybridized carbons (Fsp3) is 0.556. The number of benzene rings is 1. The minimum atomic E-state index is -1.67. The molecule has 0 bridgehead atoms. The molecular formula is C27H36N4O8. The van der Waals surface area contributed by atoms with E-state index >= 15 is 0 Å². The second kappa shape index (κ2) is 9.61. The van der Waals surface area contributed by atoms with E-state index in [1.807, 2.05) is 0 Å². The molecule has 0 aromatic heterocycles. The smallest absolute Gasteiger partial charge is 0.319 e. The van der Waals surface area contributed by atoms with Crippen molar-refractivity contribution >= 4 is 35.0 Å². The van der Waals surface area contributed by atoms with Crippen LogP contribution in [-0.4, -0.2) is 86.7 Å². The van der Waals surface area contributed by atoms with Crippen LogP contribution in [0.5, 0.6) is 5.75 Å². The average Bonchev–Trinajstić information content (AvgIpc) is 2.78. The predicted octanol–water partition coefficient (Wildman–Crippen LogP) is 0.466. The van der Waals surface area contributed by atoms with E-state index in [2.05, 4.69) is 10.6 Å². The van der Waals surface area contributed by atoms with Gasteiger partial charge in [0.2, 0.25) is 5.91 Å². The van der Waals surface area contributed by atoms with E-state index in [9.17, 15) is 39.6 Å². The Morgan fingerprint density at radius 1 is 1.05 bits per heavy atom. The van der Waals surface area contributed by atoms with Crippen LogP contribution in [0.2, 0.25) is 0 Å². The zero-order valence-electron chi connectivity index (χ0n) is 22.7. The highest BCUT2D eigenvalue weighted by molar-refractivity contribution is 6.19. The molecule has 0 spiro atoms. The number of urea groups is 1. The normalized spacial score (nSPS) is 32.3. The maximum absolute atomic E-state index is 13.9. The van der Waals surface area contributed by atoms with Crippen molar-refractivity contribution in [2.45, 2.75) is 57.4 Å². The Bertz CT molecular complexity index is 1280. The molecular weight excluding hydrogens is 508 g/mol. The monoisotopic (exact) mass is 544 g/mol. The summed E-state index contributed by atoms with van der Waals surface area (Å²) in [5, 5.41) is 50.2. The van der Waals surface area contributed by atoms with E-state index in [1.54, 1.807) is 52.8 Å². The maximum Gasteiger partial charge on any atom is 0.319 e. The summed E-state index contributed by atoms with van der Waals surface area (Å²) >= 11 is 0. The standard InChI is InChI=1S/C27H36N4O8/c1-9-10-7-8-11(29-26(39)30-27(2,3)4)19(32)13(10)21(34)15-12(9)20(33)14-16(22(15)35)23(36)17(25(28)38)24(37)18(14)31(5)6/h7-9,12,14,16-18,20,24,32-34,37H,1-6H3,(H2,28,38)(H2,29,30,39)/t9-,12?,14?,16?,17?,18-,20-,24?/m0/s1. The van der Waals surface area contributed by atoms with Crippen molar-refractivity contribution in [3.8, 4) is 5.75 Å². The molecule has 3 amide bonds. The van der Waals surface area contributed by atoms with Crippen LogP contribution in [-0.2, 0) is 14.4 Å². The summed E-state index contributed by atoms with van der Waals surface area (Å²) in [6, 6.07) is 1.48. The summed E-state index contributed by atoms with van der Waals surface area (Å²) in [7, 11) is 3.20. The SMILES string of the molecule is C[C@H]1c2ccc(NC(=O)NC(C)(C)C)c(O)c2C(O)=C2C(=O)C3C(=O)C(C(N)=O)C(O)[C@@H](N(C)C)C3[C@@H](O)C21. The number of hydrogen-bond donors (Lipinski definition) is 7. The van der Waals surface area contributed by atoms with Crippen molar-refractivity contribution in [1.82, 2.24) is 10.2 Å². The Morgan fingerprint density at radius 2 is 1.67 bits per heavy atom. The molecule has 3 aliphatic carbocycles. The van der Waals surface area contributed by atoms with Crippen LogP contribution in [0.15, 0.2) is 17.7 Å². The van der Waals surface area contributed by atoms with Crippen molar-refractivity contribution in [3.63, 3.8) is 0 Å². The third-order valence-corrected chi connectivity index (χ3v) is 8.10. The van der Waals surface area contributed by atoms with Crippen molar-refractivity contribution in [1.29, 1.82) is 0 Å². The molecule has 2 saturated carbocycles. The van der Waals surface area contributed by atoms with E-state index in [1.165, 1.54) is 6.07 Å². The van der Waals surface area contributed by atoms with Gasteiger partial charge in [0.15, 0.2) is 11.6 Å². The predicted molar refractivity (Wildman–Crippen MR) is 141 cm³/mol.